The average Bonchev–Trinajstić information content (AvgIpc) is 2.17. The van der Waals surface area contributed by atoms with Gasteiger partial charge in [-0.3, -0.25) is 0 Å². The van der Waals surface area contributed by atoms with E-state index in [1.807, 2.05) is 0 Å². The van der Waals surface area contributed by atoms with E-state index in [1.54, 1.807) is 6.92 Å². The van der Waals surface area contributed by atoms with E-state index in [4.69, 9.17) is 4.74 Å². The molecule has 0 aromatic carbocycles. The molecule has 1 fully saturated rings. The van der Waals surface area contributed by atoms with Gasteiger partial charge in [-0.15, -0.1) is 0 Å². The topological polar surface area (TPSA) is 79.2 Å². The molecule has 0 aromatic heterocycles. The second kappa shape index (κ2) is 3.27. The number of ether oxygens (including phenoxy) is 2. The maximum Gasteiger partial charge on any atom is 0.219 e. The Hall–Kier alpha value is -0.200. The molecule has 3 N–H and O–H groups in total. The zero-order chi connectivity index (χ0) is 9.35. The Balaban J connectivity index is 2.67. The van der Waals surface area contributed by atoms with Crippen molar-refractivity contribution in [2.75, 3.05) is 13.7 Å². The summed E-state index contributed by atoms with van der Waals surface area (Å²) in [5, 5.41) is 28.1. The monoisotopic (exact) mass is 178 g/mol. The molecule has 0 spiro atoms. The van der Waals surface area contributed by atoms with Crippen LogP contribution in [0.15, 0.2) is 0 Å². The predicted octanol–water partition coefficient (Wildman–Crippen LogP) is -1.54. The molecular weight excluding hydrogens is 164 g/mol. The van der Waals surface area contributed by atoms with E-state index in [-0.39, 0.29) is 6.61 Å². The van der Waals surface area contributed by atoms with Crippen LogP contribution in [0.4, 0.5) is 0 Å². The molecule has 0 saturated carbocycles. The van der Waals surface area contributed by atoms with Gasteiger partial charge < -0.3 is 24.8 Å². The van der Waals surface area contributed by atoms with Crippen LogP contribution in [0.2, 0.25) is 0 Å². The van der Waals surface area contributed by atoms with Crippen LogP contribution in [0.3, 0.4) is 0 Å². The van der Waals surface area contributed by atoms with Gasteiger partial charge in [-0.2, -0.15) is 0 Å². The van der Waals surface area contributed by atoms with Crippen molar-refractivity contribution in [1.82, 2.24) is 0 Å². The molecular formula is C7H14O5. The lowest BCUT2D eigenvalue weighted by molar-refractivity contribution is -0.247. The molecule has 5 nitrogen and oxygen atoms in total. The number of hydrogen-bond acceptors (Lipinski definition) is 5. The maximum atomic E-state index is 9.54. The number of aliphatic hydroxyl groups is 3. The van der Waals surface area contributed by atoms with Crippen molar-refractivity contribution in [3.05, 3.63) is 0 Å². The number of rotatable bonds is 2. The van der Waals surface area contributed by atoms with E-state index < -0.39 is 24.1 Å². The van der Waals surface area contributed by atoms with Crippen LogP contribution in [-0.2, 0) is 9.47 Å². The summed E-state index contributed by atoms with van der Waals surface area (Å²) in [5.41, 5.74) is 0. The van der Waals surface area contributed by atoms with Crippen LogP contribution < -0.4 is 0 Å². The lowest BCUT2D eigenvalue weighted by atomic mass is 10.1. The quantitative estimate of drug-likeness (QED) is 0.477. The van der Waals surface area contributed by atoms with Crippen molar-refractivity contribution in [3.63, 3.8) is 0 Å². The van der Waals surface area contributed by atoms with E-state index in [1.165, 1.54) is 7.11 Å². The molecule has 1 saturated heterocycles. The number of aliphatic hydroxyl groups excluding tert-OH is 2. The Morgan fingerprint density at radius 1 is 1.50 bits per heavy atom. The summed E-state index contributed by atoms with van der Waals surface area (Å²) in [6, 6.07) is 0. The third-order valence-corrected chi connectivity index (χ3v) is 2.01. The molecule has 0 aliphatic carbocycles. The van der Waals surface area contributed by atoms with E-state index in [9.17, 15) is 15.3 Å². The molecule has 1 aliphatic heterocycles. The second-order valence-electron chi connectivity index (χ2n) is 3.04. The molecule has 1 heterocycles. The highest BCUT2D eigenvalue weighted by Crippen LogP contribution is 2.28. The van der Waals surface area contributed by atoms with Gasteiger partial charge in [-0.1, -0.05) is 0 Å². The van der Waals surface area contributed by atoms with Gasteiger partial charge in [0.25, 0.3) is 0 Å². The van der Waals surface area contributed by atoms with Crippen molar-refractivity contribution < 1.29 is 24.8 Å². The molecule has 72 valence electrons. The highest BCUT2D eigenvalue weighted by Gasteiger charge is 2.51. The van der Waals surface area contributed by atoms with Gasteiger partial charge >= 0.3 is 0 Å². The Kier molecular flexibility index (Phi) is 2.70. The molecule has 0 bridgehead atoms. The summed E-state index contributed by atoms with van der Waals surface area (Å²) in [7, 11) is 1.38. The SMILES string of the molecule is COCC1(O)OC(C)C(O)[C@@H]1O. The highest BCUT2D eigenvalue weighted by molar-refractivity contribution is 4.93. The van der Waals surface area contributed by atoms with Crippen LogP contribution in [0, 0.1) is 0 Å². The fraction of sp³-hybridized carbons (Fsp3) is 1.00. The van der Waals surface area contributed by atoms with Crippen molar-refractivity contribution in [2.45, 2.75) is 31.0 Å². The van der Waals surface area contributed by atoms with Crippen molar-refractivity contribution in [3.8, 4) is 0 Å². The smallest absolute Gasteiger partial charge is 0.219 e. The van der Waals surface area contributed by atoms with Crippen LogP contribution in [-0.4, -0.2) is 53.1 Å². The minimum atomic E-state index is -1.77. The number of hydrogen-bond donors (Lipinski definition) is 3. The summed E-state index contributed by atoms with van der Waals surface area (Å²) < 4.78 is 9.59. The summed E-state index contributed by atoms with van der Waals surface area (Å²) in [6.07, 6.45) is -2.96. The molecule has 0 aromatic rings. The van der Waals surface area contributed by atoms with Crippen LogP contribution in [0.1, 0.15) is 6.92 Å². The fourth-order valence-corrected chi connectivity index (χ4v) is 1.31. The summed E-state index contributed by atoms with van der Waals surface area (Å²) in [5.74, 6) is -1.77. The van der Waals surface area contributed by atoms with Crippen LogP contribution >= 0.6 is 0 Å². The zero-order valence-corrected chi connectivity index (χ0v) is 7.10. The van der Waals surface area contributed by atoms with Crippen molar-refractivity contribution in [2.24, 2.45) is 0 Å². The second-order valence-corrected chi connectivity index (χ2v) is 3.04. The first-order chi connectivity index (χ1) is 5.51. The number of methoxy groups -OCH3 is 1. The van der Waals surface area contributed by atoms with Gasteiger partial charge in [0.15, 0.2) is 0 Å². The third kappa shape index (κ3) is 1.46. The molecule has 0 radical (unpaired) electrons. The van der Waals surface area contributed by atoms with Gasteiger partial charge in [-0.25, -0.2) is 0 Å². The first-order valence-corrected chi connectivity index (χ1v) is 3.76. The van der Waals surface area contributed by atoms with Crippen molar-refractivity contribution in [1.29, 1.82) is 0 Å². The standard InChI is InChI=1S/C7H14O5/c1-4-5(8)6(9)7(10,12-4)3-11-2/h4-6,8-10H,3H2,1-2H3/t4?,5?,6-,7?/m0/s1. The summed E-state index contributed by atoms with van der Waals surface area (Å²) in [6.45, 7) is 1.41. The van der Waals surface area contributed by atoms with E-state index in [2.05, 4.69) is 4.74 Å². The zero-order valence-electron chi connectivity index (χ0n) is 7.10. The van der Waals surface area contributed by atoms with Gasteiger partial charge in [0.2, 0.25) is 5.79 Å². The fourth-order valence-electron chi connectivity index (χ4n) is 1.31. The Morgan fingerprint density at radius 2 is 2.08 bits per heavy atom. The van der Waals surface area contributed by atoms with E-state index in [0.717, 1.165) is 0 Å². The van der Waals surface area contributed by atoms with Gasteiger partial charge in [0.05, 0.1) is 6.10 Å². The molecule has 1 aliphatic rings. The molecule has 3 unspecified atom stereocenters. The lowest BCUT2D eigenvalue weighted by Crippen LogP contribution is -2.46. The molecule has 0 amide bonds. The van der Waals surface area contributed by atoms with E-state index in [0.29, 0.717) is 0 Å². The Morgan fingerprint density at radius 3 is 2.42 bits per heavy atom. The first kappa shape index (κ1) is 9.88. The van der Waals surface area contributed by atoms with Crippen LogP contribution in [0.25, 0.3) is 0 Å². The van der Waals surface area contributed by atoms with Gasteiger partial charge in [-0.05, 0) is 6.92 Å². The van der Waals surface area contributed by atoms with Gasteiger partial charge in [0.1, 0.15) is 18.8 Å². The van der Waals surface area contributed by atoms with E-state index >= 15 is 0 Å². The Bertz CT molecular complexity index is 162. The summed E-state index contributed by atoms with van der Waals surface area (Å²) >= 11 is 0. The van der Waals surface area contributed by atoms with Gasteiger partial charge in [0, 0.05) is 7.11 Å². The Labute approximate surface area is 70.5 Å². The third-order valence-electron chi connectivity index (χ3n) is 2.01. The molecule has 1 rings (SSSR count). The first-order valence-electron chi connectivity index (χ1n) is 3.76. The maximum absolute atomic E-state index is 9.54. The van der Waals surface area contributed by atoms with Crippen molar-refractivity contribution >= 4 is 0 Å². The normalized spacial score (nSPS) is 48.2. The minimum Gasteiger partial charge on any atom is -0.387 e. The lowest BCUT2D eigenvalue weighted by Gasteiger charge is -2.24. The van der Waals surface area contributed by atoms with Crippen LogP contribution in [0.5, 0.6) is 0 Å². The predicted molar refractivity (Wildman–Crippen MR) is 39.4 cm³/mol. The molecule has 5 heteroatoms. The molecule has 4 atom stereocenters. The molecule has 12 heavy (non-hydrogen) atoms. The summed E-state index contributed by atoms with van der Waals surface area (Å²) in [4.78, 5) is 0. The minimum absolute atomic E-state index is 0.157. The largest absolute Gasteiger partial charge is 0.387 e. The average molecular weight is 178 g/mol. The highest BCUT2D eigenvalue weighted by atomic mass is 16.7.